The molecule has 1 spiro atoms. The van der Waals surface area contributed by atoms with E-state index in [0.29, 0.717) is 22.0 Å². The van der Waals surface area contributed by atoms with Gasteiger partial charge in [-0.1, -0.05) is 11.8 Å². The van der Waals surface area contributed by atoms with Gasteiger partial charge in [-0.05, 0) is 37.2 Å². The van der Waals surface area contributed by atoms with E-state index in [4.69, 9.17) is 16.2 Å². The van der Waals surface area contributed by atoms with Gasteiger partial charge in [0.25, 0.3) is 0 Å². The summed E-state index contributed by atoms with van der Waals surface area (Å²) in [5.74, 6) is 3.30. The number of anilines is 2. The highest BCUT2D eigenvalue weighted by atomic mass is 32.2. The number of ether oxygens (including phenoxy) is 1. The Labute approximate surface area is 127 Å². The van der Waals surface area contributed by atoms with Gasteiger partial charge in [0.1, 0.15) is 11.6 Å². The zero-order valence-electron chi connectivity index (χ0n) is 11.4. The number of aromatic nitrogens is 2. The lowest BCUT2D eigenvalue weighted by Gasteiger charge is -2.42. The van der Waals surface area contributed by atoms with Gasteiger partial charge in [-0.25, -0.2) is 9.97 Å². The molecule has 20 heavy (non-hydrogen) atoms. The number of nitrogens with two attached hydrogens (primary N) is 2. The van der Waals surface area contributed by atoms with Crippen molar-refractivity contribution in [2.45, 2.75) is 41.7 Å². The molecular weight excluding hydrogens is 292 g/mol. The fraction of sp³-hybridized carbons (Fsp3) is 0.692. The smallest absolute Gasteiger partial charge is 0.191 e. The molecule has 2 fully saturated rings. The Morgan fingerprint density at radius 1 is 1.25 bits per heavy atom. The first-order chi connectivity index (χ1) is 9.65. The highest BCUT2D eigenvalue weighted by Gasteiger charge is 2.39. The summed E-state index contributed by atoms with van der Waals surface area (Å²) >= 11 is 3.72. The standard InChI is InChI=1S/C13H20N4OS2/c14-10-7-11(15)17-12(16-10)20-9-1-4-18-13(8-9)2-5-19-6-3-13/h7,9H,1-6,8H2,(H4,14,15,16,17). The van der Waals surface area contributed by atoms with Gasteiger partial charge in [-0.3, -0.25) is 0 Å². The second-order valence-corrected chi connectivity index (χ2v) is 7.87. The minimum Gasteiger partial charge on any atom is -0.383 e. The summed E-state index contributed by atoms with van der Waals surface area (Å²) in [7, 11) is 0. The number of rotatable bonds is 2. The summed E-state index contributed by atoms with van der Waals surface area (Å²) in [5, 5.41) is 1.18. The molecule has 4 N–H and O–H groups in total. The Hall–Kier alpha value is -0.660. The van der Waals surface area contributed by atoms with Gasteiger partial charge in [-0.2, -0.15) is 11.8 Å². The molecule has 1 aromatic rings. The van der Waals surface area contributed by atoms with Crippen molar-refractivity contribution >= 4 is 35.2 Å². The molecule has 0 bridgehead atoms. The minimum atomic E-state index is 0.0903. The van der Waals surface area contributed by atoms with E-state index in [0.717, 1.165) is 32.3 Å². The molecule has 0 radical (unpaired) electrons. The van der Waals surface area contributed by atoms with Gasteiger partial charge in [0, 0.05) is 17.9 Å². The lowest BCUT2D eigenvalue weighted by molar-refractivity contribution is -0.0805. The third kappa shape index (κ3) is 3.32. The second kappa shape index (κ2) is 5.99. The van der Waals surface area contributed by atoms with Crippen molar-refractivity contribution in [2.75, 3.05) is 29.6 Å². The van der Waals surface area contributed by atoms with Crippen LogP contribution in [0.2, 0.25) is 0 Å². The molecule has 0 saturated carbocycles. The van der Waals surface area contributed by atoms with E-state index in [1.807, 2.05) is 11.8 Å². The number of hydrogen-bond donors (Lipinski definition) is 2. The first kappa shape index (κ1) is 14.3. The van der Waals surface area contributed by atoms with Gasteiger partial charge in [0.05, 0.1) is 5.60 Å². The van der Waals surface area contributed by atoms with Crippen LogP contribution in [0, 0.1) is 0 Å². The number of nitrogens with zero attached hydrogens (tertiary/aromatic N) is 2. The Bertz CT molecular complexity index is 454. The number of nitrogen functional groups attached to an aromatic ring is 2. The third-order valence-corrected chi connectivity index (χ3v) is 5.98. The Morgan fingerprint density at radius 2 is 1.95 bits per heavy atom. The van der Waals surface area contributed by atoms with Crippen LogP contribution < -0.4 is 11.5 Å². The van der Waals surface area contributed by atoms with Crippen molar-refractivity contribution in [2.24, 2.45) is 0 Å². The van der Waals surface area contributed by atoms with E-state index in [9.17, 15) is 0 Å². The SMILES string of the molecule is Nc1cc(N)nc(SC2CCOC3(CCSCC3)C2)n1. The lowest BCUT2D eigenvalue weighted by atomic mass is 9.88. The molecule has 1 unspecified atom stereocenters. The van der Waals surface area contributed by atoms with E-state index < -0.39 is 0 Å². The van der Waals surface area contributed by atoms with Crippen LogP contribution in [0.4, 0.5) is 11.6 Å². The predicted octanol–water partition coefficient (Wildman–Crippen LogP) is 2.18. The normalized spacial score (nSPS) is 25.7. The average Bonchev–Trinajstić information content (AvgIpc) is 2.38. The highest BCUT2D eigenvalue weighted by Crippen LogP contribution is 2.42. The zero-order valence-corrected chi connectivity index (χ0v) is 13.0. The zero-order chi connectivity index (χ0) is 14.0. The van der Waals surface area contributed by atoms with Crippen molar-refractivity contribution in [3.8, 4) is 0 Å². The quantitative estimate of drug-likeness (QED) is 0.809. The summed E-state index contributed by atoms with van der Waals surface area (Å²) in [6.07, 6.45) is 4.44. The summed E-state index contributed by atoms with van der Waals surface area (Å²) in [4.78, 5) is 8.53. The minimum absolute atomic E-state index is 0.0903. The number of hydrogen-bond acceptors (Lipinski definition) is 7. The van der Waals surface area contributed by atoms with Crippen molar-refractivity contribution < 1.29 is 4.74 Å². The van der Waals surface area contributed by atoms with Crippen LogP contribution >= 0.6 is 23.5 Å². The first-order valence-corrected chi connectivity index (χ1v) is 8.97. The summed E-state index contributed by atoms with van der Waals surface area (Å²) in [5.41, 5.74) is 11.5. The monoisotopic (exact) mass is 312 g/mol. The molecule has 0 amide bonds. The fourth-order valence-corrected chi connectivity index (χ4v) is 5.29. The number of thioether (sulfide) groups is 2. The molecule has 3 rings (SSSR count). The van der Waals surface area contributed by atoms with Crippen LogP contribution in [0.1, 0.15) is 25.7 Å². The molecule has 1 atom stereocenters. The highest BCUT2D eigenvalue weighted by molar-refractivity contribution is 7.99. The van der Waals surface area contributed by atoms with Crippen molar-refractivity contribution in [3.05, 3.63) is 6.07 Å². The lowest BCUT2D eigenvalue weighted by Crippen LogP contribution is -2.43. The van der Waals surface area contributed by atoms with E-state index in [-0.39, 0.29) is 5.60 Å². The maximum Gasteiger partial charge on any atom is 0.191 e. The molecule has 0 aliphatic carbocycles. The van der Waals surface area contributed by atoms with Gasteiger partial charge >= 0.3 is 0 Å². The van der Waals surface area contributed by atoms with E-state index in [1.54, 1.807) is 17.8 Å². The van der Waals surface area contributed by atoms with Crippen molar-refractivity contribution in [3.63, 3.8) is 0 Å². The molecule has 2 saturated heterocycles. The average molecular weight is 312 g/mol. The van der Waals surface area contributed by atoms with Crippen molar-refractivity contribution in [1.82, 2.24) is 9.97 Å². The van der Waals surface area contributed by atoms with Gasteiger partial charge in [0.2, 0.25) is 0 Å². The van der Waals surface area contributed by atoms with Crippen LogP contribution in [0.3, 0.4) is 0 Å². The Balaban J connectivity index is 1.67. The first-order valence-electron chi connectivity index (χ1n) is 6.94. The van der Waals surface area contributed by atoms with Gasteiger partial charge < -0.3 is 16.2 Å². The molecule has 0 aromatic carbocycles. The summed E-state index contributed by atoms with van der Waals surface area (Å²) in [6, 6.07) is 1.59. The molecule has 7 heteroatoms. The van der Waals surface area contributed by atoms with Gasteiger partial charge in [0.15, 0.2) is 5.16 Å². The van der Waals surface area contributed by atoms with E-state index in [2.05, 4.69) is 9.97 Å². The summed E-state index contributed by atoms with van der Waals surface area (Å²) < 4.78 is 6.10. The molecule has 1 aromatic heterocycles. The largest absolute Gasteiger partial charge is 0.383 e. The van der Waals surface area contributed by atoms with Crippen LogP contribution in [0.15, 0.2) is 11.2 Å². The topological polar surface area (TPSA) is 87.1 Å². The molecule has 2 aliphatic heterocycles. The molecule has 5 nitrogen and oxygen atoms in total. The van der Waals surface area contributed by atoms with Crippen LogP contribution in [0.25, 0.3) is 0 Å². The van der Waals surface area contributed by atoms with E-state index >= 15 is 0 Å². The Kier molecular flexibility index (Phi) is 4.28. The maximum atomic E-state index is 6.10. The van der Waals surface area contributed by atoms with Gasteiger partial charge in [-0.15, -0.1) is 0 Å². The van der Waals surface area contributed by atoms with Crippen LogP contribution in [-0.4, -0.2) is 38.9 Å². The summed E-state index contributed by atoms with van der Waals surface area (Å²) in [6.45, 7) is 0.833. The third-order valence-electron chi connectivity index (χ3n) is 3.87. The fourth-order valence-electron chi connectivity index (χ4n) is 2.84. The molecular formula is C13H20N4OS2. The van der Waals surface area contributed by atoms with Crippen molar-refractivity contribution in [1.29, 1.82) is 0 Å². The predicted molar refractivity (Wildman–Crippen MR) is 85.0 cm³/mol. The maximum absolute atomic E-state index is 6.10. The Morgan fingerprint density at radius 3 is 2.65 bits per heavy atom. The molecule has 3 heterocycles. The molecule has 2 aliphatic rings. The van der Waals surface area contributed by atoms with E-state index in [1.165, 1.54) is 11.5 Å². The van der Waals surface area contributed by atoms with Crippen LogP contribution in [-0.2, 0) is 4.74 Å². The molecule has 110 valence electrons. The second-order valence-electron chi connectivity index (χ2n) is 5.38. The van der Waals surface area contributed by atoms with Crippen LogP contribution in [0.5, 0.6) is 0 Å².